The molecular weight excluding hydrogens is 395 g/mol. The summed E-state index contributed by atoms with van der Waals surface area (Å²) in [5.74, 6) is -0.602. The van der Waals surface area contributed by atoms with E-state index in [9.17, 15) is 14.0 Å². The van der Waals surface area contributed by atoms with Crippen molar-refractivity contribution < 1.29 is 9.18 Å². The van der Waals surface area contributed by atoms with Crippen molar-refractivity contribution in [3.05, 3.63) is 94.3 Å². The minimum absolute atomic E-state index is 0.0174. The van der Waals surface area contributed by atoms with Gasteiger partial charge in [-0.1, -0.05) is 37.3 Å². The molecule has 2 heterocycles. The lowest BCUT2D eigenvalue weighted by molar-refractivity contribution is 0.0939. The molecule has 0 bridgehead atoms. The summed E-state index contributed by atoms with van der Waals surface area (Å²) in [6.45, 7) is 4.29. The number of carbonyl (C=O) groups is 1. The summed E-state index contributed by atoms with van der Waals surface area (Å²) >= 11 is 0. The monoisotopic (exact) mass is 418 g/mol. The lowest BCUT2D eigenvalue weighted by atomic mass is 10.1. The number of nitrogens with one attached hydrogen (secondary N) is 1. The number of carbonyl (C=O) groups excluding carboxylic acids is 1. The van der Waals surface area contributed by atoms with E-state index in [0.29, 0.717) is 29.1 Å². The molecule has 0 radical (unpaired) electrons. The SMILES string of the molecule is CC[C@H](C)NC(=O)c1cn(Cc2ccc(F)cc2)cc2c(=O)n(-c3ccccc3)nc1-2. The maximum atomic E-state index is 13.3. The molecule has 6 nitrogen and oxygen atoms in total. The number of benzene rings is 2. The molecule has 0 saturated carbocycles. The number of pyridine rings is 1. The van der Waals surface area contributed by atoms with Gasteiger partial charge in [0.1, 0.15) is 11.5 Å². The number of para-hydroxylation sites is 1. The number of nitrogens with zero attached hydrogens (tertiary/aromatic N) is 3. The Balaban J connectivity index is 1.84. The van der Waals surface area contributed by atoms with E-state index in [0.717, 1.165) is 12.0 Å². The number of amides is 1. The van der Waals surface area contributed by atoms with E-state index in [1.807, 2.05) is 32.0 Å². The molecule has 1 N–H and O–H groups in total. The Bertz CT molecular complexity index is 1230. The number of hydrogen-bond donors (Lipinski definition) is 1. The molecule has 0 spiro atoms. The fourth-order valence-corrected chi connectivity index (χ4v) is 3.37. The van der Waals surface area contributed by atoms with Gasteiger partial charge in [0.15, 0.2) is 0 Å². The van der Waals surface area contributed by atoms with Crippen LogP contribution in [0, 0.1) is 5.82 Å². The largest absolute Gasteiger partial charge is 0.349 e. The predicted molar refractivity (Wildman–Crippen MR) is 117 cm³/mol. The highest BCUT2D eigenvalue weighted by molar-refractivity contribution is 6.00. The average Bonchev–Trinajstić information content (AvgIpc) is 3.11. The molecule has 2 aliphatic rings. The van der Waals surface area contributed by atoms with Gasteiger partial charge >= 0.3 is 0 Å². The first kappa shape index (κ1) is 20.5. The third-order valence-corrected chi connectivity index (χ3v) is 5.24. The smallest absolute Gasteiger partial charge is 0.282 e. The van der Waals surface area contributed by atoms with Crippen molar-refractivity contribution in [1.82, 2.24) is 19.7 Å². The van der Waals surface area contributed by atoms with Crippen molar-refractivity contribution in [3.63, 3.8) is 0 Å². The molecular formula is C24H23FN4O2. The minimum Gasteiger partial charge on any atom is -0.349 e. The summed E-state index contributed by atoms with van der Waals surface area (Å²) in [4.78, 5) is 26.1. The Morgan fingerprint density at radius 3 is 2.48 bits per heavy atom. The molecule has 0 fully saturated rings. The van der Waals surface area contributed by atoms with Gasteiger partial charge in [0.25, 0.3) is 11.5 Å². The number of halogens is 1. The summed E-state index contributed by atoms with van der Waals surface area (Å²) < 4.78 is 16.3. The number of rotatable bonds is 6. The van der Waals surface area contributed by atoms with Crippen molar-refractivity contribution in [2.24, 2.45) is 0 Å². The molecule has 1 amide bonds. The quantitative estimate of drug-likeness (QED) is 0.517. The second kappa shape index (κ2) is 8.55. The fraction of sp³-hybridized carbons (Fsp3) is 0.208. The van der Waals surface area contributed by atoms with Gasteiger partial charge in [-0.3, -0.25) is 9.59 Å². The van der Waals surface area contributed by atoms with Gasteiger partial charge in [-0.15, -0.1) is 0 Å². The topological polar surface area (TPSA) is 68.9 Å². The zero-order valence-corrected chi connectivity index (χ0v) is 17.4. The third-order valence-electron chi connectivity index (χ3n) is 5.24. The van der Waals surface area contributed by atoms with Gasteiger partial charge < -0.3 is 9.88 Å². The summed E-state index contributed by atoms with van der Waals surface area (Å²) in [6.07, 6.45) is 4.15. The number of fused-ring (bicyclic) bond motifs is 1. The Hall–Kier alpha value is -3.74. The van der Waals surface area contributed by atoms with E-state index in [1.165, 1.54) is 16.8 Å². The lowest BCUT2D eigenvalue weighted by Crippen LogP contribution is -2.32. The van der Waals surface area contributed by atoms with Crippen LogP contribution in [0.1, 0.15) is 36.2 Å². The van der Waals surface area contributed by atoms with E-state index in [-0.39, 0.29) is 23.3 Å². The molecule has 158 valence electrons. The van der Waals surface area contributed by atoms with Crippen molar-refractivity contribution >= 4 is 5.91 Å². The molecule has 0 aromatic heterocycles. The highest BCUT2D eigenvalue weighted by Crippen LogP contribution is 2.23. The zero-order chi connectivity index (χ0) is 22.0. The van der Waals surface area contributed by atoms with E-state index in [2.05, 4.69) is 10.4 Å². The molecule has 2 aliphatic heterocycles. The van der Waals surface area contributed by atoms with Crippen LogP contribution in [0.4, 0.5) is 4.39 Å². The first-order valence-corrected chi connectivity index (χ1v) is 10.2. The molecule has 0 unspecified atom stereocenters. The first-order chi connectivity index (χ1) is 15.0. The third kappa shape index (κ3) is 4.26. The normalized spacial score (nSPS) is 12.1. The van der Waals surface area contributed by atoms with Crippen LogP contribution in [-0.4, -0.2) is 26.3 Å². The van der Waals surface area contributed by atoms with E-state index in [4.69, 9.17) is 0 Å². The molecule has 7 heteroatoms. The second-order valence-electron chi connectivity index (χ2n) is 7.57. The first-order valence-electron chi connectivity index (χ1n) is 10.2. The van der Waals surface area contributed by atoms with Crippen LogP contribution in [0.15, 0.2) is 71.8 Å². The summed E-state index contributed by atoms with van der Waals surface area (Å²) in [5.41, 5.74) is 2.20. The molecule has 31 heavy (non-hydrogen) atoms. The molecule has 4 rings (SSSR count). The van der Waals surface area contributed by atoms with Crippen molar-refractivity contribution in [2.45, 2.75) is 32.9 Å². The molecule has 0 aliphatic carbocycles. The standard InChI is InChI=1S/C24H23FN4O2/c1-3-16(2)26-23(30)20-14-28(13-17-9-11-18(25)12-10-17)15-21-22(20)27-29(24(21)31)19-7-5-4-6-8-19/h4-12,14-16H,3,13H2,1-2H3,(H,26,30)/t16-/m0/s1. The predicted octanol–water partition coefficient (Wildman–Crippen LogP) is 3.85. The van der Waals surface area contributed by atoms with Crippen molar-refractivity contribution in [3.8, 4) is 16.9 Å². The summed E-state index contributed by atoms with van der Waals surface area (Å²) in [6, 6.07) is 15.2. The van der Waals surface area contributed by atoms with Crippen molar-refractivity contribution in [2.75, 3.05) is 0 Å². The lowest BCUT2D eigenvalue weighted by Gasteiger charge is -2.15. The van der Waals surface area contributed by atoms with Gasteiger partial charge in [-0.2, -0.15) is 9.78 Å². The van der Waals surface area contributed by atoms with Gasteiger partial charge in [0, 0.05) is 25.0 Å². The van der Waals surface area contributed by atoms with Crippen molar-refractivity contribution in [1.29, 1.82) is 0 Å². The van der Waals surface area contributed by atoms with Crippen LogP contribution < -0.4 is 10.9 Å². The van der Waals surface area contributed by atoms with Crippen LogP contribution in [0.2, 0.25) is 0 Å². The highest BCUT2D eigenvalue weighted by atomic mass is 19.1. The van der Waals surface area contributed by atoms with Crippen LogP contribution in [0.25, 0.3) is 16.9 Å². The van der Waals surface area contributed by atoms with Gasteiger partial charge in [0.2, 0.25) is 0 Å². The summed E-state index contributed by atoms with van der Waals surface area (Å²) in [5, 5.41) is 7.43. The van der Waals surface area contributed by atoms with E-state index < -0.39 is 0 Å². The Labute approximate surface area is 179 Å². The maximum Gasteiger partial charge on any atom is 0.282 e. The molecule has 2 aromatic rings. The van der Waals surface area contributed by atoms with Crippen LogP contribution in [0.3, 0.4) is 0 Å². The minimum atomic E-state index is -0.316. The molecule has 2 aromatic carbocycles. The van der Waals surface area contributed by atoms with Gasteiger partial charge in [-0.05, 0) is 43.2 Å². The highest BCUT2D eigenvalue weighted by Gasteiger charge is 2.25. The second-order valence-corrected chi connectivity index (χ2v) is 7.57. The number of hydrogen-bond acceptors (Lipinski definition) is 3. The molecule has 1 atom stereocenters. The van der Waals surface area contributed by atoms with Crippen LogP contribution >= 0.6 is 0 Å². The van der Waals surface area contributed by atoms with Gasteiger partial charge in [-0.25, -0.2) is 4.39 Å². The van der Waals surface area contributed by atoms with E-state index in [1.54, 1.807) is 41.2 Å². The number of aromatic nitrogens is 3. The summed E-state index contributed by atoms with van der Waals surface area (Å²) in [7, 11) is 0. The fourth-order valence-electron chi connectivity index (χ4n) is 3.37. The Morgan fingerprint density at radius 2 is 1.81 bits per heavy atom. The van der Waals surface area contributed by atoms with Gasteiger partial charge in [0.05, 0.1) is 16.8 Å². The average molecular weight is 418 g/mol. The van der Waals surface area contributed by atoms with E-state index >= 15 is 0 Å². The molecule has 0 saturated heterocycles. The Kier molecular flexibility index (Phi) is 5.66. The zero-order valence-electron chi connectivity index (χ0n) is 17.4. The Morgan fingerprint density at radius 1 is 1.10 bits per heavy atom. The van der Waals surface area contributed by atoms with Crippen LogP contribution in [0.5, 0.6) is 0 Å². The van der Waals surface area contributed by atoms with Crippen LogP contribution in [-0.2, 0) is 6.54 Å². The maximum absolute atomic E-state index is 13.3.